The van der Waals surface area contributed by atoms with E-state index >= 15 is 0 Å². The standard InChI is InChI=1S/C4H5N2OS/c5-4(7)8-3-1-2-6-8/h1-3H,(H2,5,7). The van der Waals surface area contributed by atoms with E-state index in [1.807, 2.05) is 0 Å². The number of carbonyl (C=O) groups is 1. The summed E-state index contributed by atoms with van der Waals surface area (Å²) in [6.07, 6.45) is 3.29. The zero-order valence-electron chi connectivity index (χ0n) is 4.07. The number of rotatable bonds is 0. The number of hydrogen-bond acceptors (Lipinski definition) is 1. The molecule has 1 heterocycles. The summed E-state index contributed by atoms with van der Waals surface area (Å²) in [5.74, 6) is 0. The van der Waals surface area contributed by atoms with E-state index in [1.165, 1.54) is 0 Å². The van der Waals surface area contributed by atoms with E-state index in [0.29, 0.717) is 0 Å². The molecule has 1 radical (unpaired) electrons. The highest BCUT2D eigenvalue weighted by Crippen LogP contribution is 2.10. The van der Waals surface area contributed by atoms with E-state index in [2.05, 4.69) is 4.72 Å². The highest BCUT2D eigenvalue weighted by Gasteiger charge is 2.02. The molecule has 0 aliphatic carbocycles. The largest absolute Gasteiger partial charge is 0.359 e. The monoisotopic (exact) mass is 129 g/mol. The van der Waals surface area contributed by atoms with Crippen molar-refractivity contribution >= 4 is 21.3 Å². The van der Waals surface area contributed by atoms with Crippen LogP contribution in [0.15, 0.2) is 12.3 Å². The Hall–Kier alpha value is -0.770. The maximum absolute atomic E-state index is 10.3. The fourth-order valence-electron chi connectivity index (χ4n) is 0.364. The van der Waals surface area contributed by atoms with Gasteiger partial charge in [0.05, 0.1) is 0 Å². The number of primary amides is 1. The van der Waals surface area contributed by atoms with Gasteiger partial charge >= 0.3 is 0 Å². The van der Waals surface area contributed by atoms with Crippen LogP contribution >= 0.6 is 10.7 Å². The van der Waals surface area contributed by atoms with Crippen LogP contribution in [0.25, 0.3) is 0 Å². The van der Waals surface area contributed by atoms with E-state index in [-0.39, 0.29) is 5.24 Å². The SMILES string of the molecule is NC(=O)S1=CC=C[N]1. The molecule has 8 heavy (non-hydrogen) atoms. The van der Waals surface area contributed by atoms with Crippen LogP contribution in [0, 0.1) is 0 Å². The van der Waals surface area contributed by atoms with E-state index in [1.54, 1.807) is 17.6 Å². The lowest BCUT2D eigenvalue weighted by atomic mass is 10.7. The van der Waals surface area contributed by atoms with Gasteiger partial charge in [0.15, 0.2) is 0 Å². The van der Waals surface area contributed by atoms with Crippen LogP contribution in [0.1, 0.15) is 0 Å². The third-order valence-corrected chi connectivity index (χ3v) is 1.85. The van der Waals surface area contributed by atoms with Crippen molar-refractivity contribution in [2.24, 2.45) is 5.73 Å². The van der Waals surface area contributed by atoms with E-state index < -0.39 is 10.7 Å². The molecule has 0 bridgehead atoms. The average Bonchev–Trinajstić information content (AvgIpc) is 2.12. The lowest BCUT2D eigenvalue weighted by Crippen LogP contribution is -2.07. The fourth-order valence-corrected chi connectivity index (χ4v) is 1.09. The van der Waals surface area contributed by atoms with Crippen molar-refractivity contribution in [3.8, 4) is 0 Å². The summed E-state index contributed by atoms with van der Waals surface area (Å²) in [7, 11) is -0.651. The predicted octanol–water partition coefficient (Wildman–Crippen LogP) is 0.183. The Balaban J connectivity index is 2.64. The Bertz CT molecular complexity index is 173. The number of carbonyl (C=O) groups excluding carboxylic acids is 1. The summed E-state index contributed by atoms with van der Waals surface area (Å²) < 4.78 is 3.75. The van der Waals surface area contributed by atoms with Gasteiger partial charge in [-0.25, -0.2) is 4.72 Å². The first-order valence-electron chi connectivity index (χ1n) is 2.04. The molecule has 1 unspecified atom stereocenters. The molecule has 1 atom stereocenters. The van der Waals surface area contributed by atoms with E-state index in [9.17, 15) is 4.79 Å². The molecule has 0 fully saturated rings. The number of allylic oxidation sites excluding steroid dienone is 1. The van der Waals surface area contributed by atoms with Gasteiger partial charge in [0.25, 0.3) is 5.24 Å². The smallest absolute Gasteiger partial charge is 0.291 e. The van der Waals surface area contributed by atoms with Crippen LogP contribution in [0.5, 0.6) is 0 Å². The van der Waals surface area contributed by atoms with Crippen LogP contribution in [0.4, 0.5) is 4.79 Å². The Morgan fingerprint density at radius 3 is 2.75 bits per heavy atom. The van der Waals surface area contributed by atoms with Crippen molar-refractivity contribution in [1.82, 2.24) is 4.72 Å². The zero-order valence-corrected chi connectivity index (χ0v) is 4.89. The molecule has 0 aromatic carbocycles. The van der Waals surface area contributed by atoms with Gasteiger partial charge in [0, 0.05) is 16.9 Å². The van der Waals surface area contributed by atoms with Crippen molar-refractivity contribution < 1.29 is 4.79 Å². The fraction of sp³-hybridized carbons (Fsp3) is 0. The Kier molecular flexibility index (Phi) is 1.34. The van der Waals surface area contributed by atoms with Crippen LogP contribution in [0.2, 0.25) is 0 Å². The molecule has 43 valence electrons. The van der Waals surface area contributed by atoms with Gasteiger partial charge in [0.1, 0.15) is 0 Å². The molecule has 0 aromatic rings. The average molecular weight is 129 g/mol. The van der Waals surface area contributed by atoms with Crippen LogP contribution < -0.4 is 10.5 Å². The molecule has 3 nitrogen and oxygen atoms in total. The first kappa shape index (κ1) is 5.37. The summed E-state index contributed by atoms with van der Waals surface area (Å²) >= 11 is 0. The molecule has 0 saturated carbocycles. The molecule has 1 rings (SSSR count). The Morgan fingerprint density at radius 1 is 1.75 bits per heavy atom. The third kappa shape index (κ3) is 0.894. The molecular weight excluding hydrogens is 124 g/mol. The minimum atomic E-state index is -0.651. The highest BCUT2D eigenvalue weighted by molar-refractivity contribution is 8.26. The summed E-state index contributed by atoms with van der Waals surface area (Å²) in [5.41, 5.74) is 4.91. The van der Waals surface area contributed by atoms with Crippen LogP contribution in [-0.2, 0) is 0 Å². The van der Waals surface area contributed by atoms with Crippen molar-refractivity contribution in [3.63, 3.8) is 0 Å². The number of amides is 1. The lowest BCUT2D eigenvalue weighted by Gasteiger charge is -1.91. The molecule has 1 aliphatic heterocycles. The second-order valence-corrected chi connectivity index (χ2v) is 2.73. The van der Waals surface area contributed by atoms with Gasteiger partial charge < -0.3 is 5.73 Å². The minimum absolute atomic E-state index is 0.366. The van der Waals surface area contributed by atoms with Gasteiger partial charge in [-0.3, -0.25) is 4.79 Å². The molecular formula is C4H5N2OS. The molecule has 1 amide bonds. The predicted molar refractivity (Wildman–Crippen MR) is 34.5 cm³/mol. The van der Waals surface area contributed by atoms with Crippen molar-refractivity contribution in [2.45, 2.75) is 0 Å². The Labute approximate surface area is 49.6 Å². The molecule has 0 saturated heterocycles. The van der Waals surface area contributed by atoms with Crippen molar-refractivity contribution in [1.29, 1.82) is 0 Å². The summed E-state index contributed by atoms with van der Waals surface area (Å²) in [5, 5.41) is 1.32. The van der Waals surface area contributed by atoms with Gasteiger partial charge in [-0.1, -0.05) is 0 Å². The highest BCUT2D eigenvalue weighted by atomic mass is 32.2. The lowest BCUT2D eigenvalue weighted by molar-refractivity contribution is 0.267. The number of hydrogen-bond donors (Lipinski definition) is 1. The molecule has 1 aliphatic rings. The van der Waals surface area contributed by atoms with Gasteiger partial charge in [-0.15, -0.1) is 0 Å². The first-order chi connectivity index (χ1) is 3.80. The molecule has 0 spiro atoms. The quantitative estimate of drug-likeness (QED) is 0.466. The van der Waals surface area contributed by atoms with Gasteiger partial charge in [0.2, 0.25) is 0 Å². The normalized spacial score (nSPS) is 24.2. The first-order valence-corrected chi connectivity index (χ1v) is 3.28. The molecule has 2 N–H and O–H groups in total. The zero-order chi connectivity index (χ0) is 5.98. The second kappa shape index (κ2) is 2.00. The third-order valence-electron chi connectivity index (χ3n) is 0.674. The number of nitrogens with two attached hydrogens (primary N) is 1. The van der Waals surface area contributed by atoms with Gasteiger partial charge in [-0.05, 0) is 11.4 Å². The second-order valence-electron chi connectivity index (χ2n) is 1.22. The summed E-state index contributed by atoms with van der Waals surface area (Å²) in [6, 6.07) is 0. The van der Waals surface area contributed by atoms with Crippen LogP contribution in [0.3, 0.4) is 0 Å². The maximum Gasteiger partial charge on any atom is 0.291 e. The molecule has 4 heteroatoms. The van der Waals surface area contributed by atoms with Crippen molar-refractivity contribution in [3.05, 3.63) is 12.3 Å². The van der Waals surface area contributed by atoms with Gasteiger partial charge in [-0.2, -0.15) is 0 Å². The topological polar surface area (TPSA) is 57.2 Å². The Morgan fingerprint density at radius 2 is 2.50 bits per heavy atom. The minimum Gasteiger partial charge on any atom is -0.359 e. The van der Waals surface area contributed by atoms with Crippen LogP contribution in [-0.4, -0.2) is 10.6 Å². The number of nitrogens with zero attached hydrogens (tertiary/aromatic N) is 1. The maximum atomic E-state index is 10.3. The van der Waals surface area contributed by atoms with E-state index in [4.69, 9.17) is 5.73 Å². The van der Waals surface area contributed by atoms with Crippen molar-refractivity contribution in [2.75, 3.05) is 0 Å². The summed E-state index contributed by atoms with van der Waals surface area (Å²) in [4.78, 5) is 10.3. The van der Waals surface area contributed by atoms with E-state index in [0.717, 1.165) is 0 Å². The summed E-state index contributed by atoms with van der Waals surface area (Å²) in [6.45, 7) is 0. The molecule has 0 aromatic heterocycles.